The molecular weight excluding hydrogens is 548 g/mol. The molecule has 2 rings (SSSR count). The first-order chi connectivity index (χ1) is 20.8. The van der Waals surface area contributed by atoms with Gasteiger partial charge in [0.1, 0.15) is 6.04 Å². The fourth-order valence-electron chi connectivity index (χ4n) is 5.09. The number of nitrogen functional groups attached to an aromatic ring is 1. The number of aromatic amines is 1. The zero-order chi connectivity index (χ0) is 31.5. The van der Waals surface area contributed by atoms with Gasteiger partial charge in [-0.2, -0.15) is 4.98 Å². The molecule has 2 heterocycles. The topological polar surface area (TPSA) is 168 Å². The number of fused-ring (bicyclic) bond motifs is 1. The van der Waals surface area contributed by atoms with Crippen molar-refractivity contribution in [2.75, 3.05) is 18.9 Å². The number of nitrogens with one attached hydrogen (secondary N) is 1. The molecule has 5 N–H and O–H groups in total. The predicted octanol–water partition coefficient (Wildman–Crippen LogP) is 5.65. The van der Waals surface area contributed by atoms with E-state index in [-0.39, 0.29) is 42.5 Å². The highest BCUT2D eigenvalue weighted by Gasteiger charge is 2.22. The molecule has 244 valence electrons. The van der Waals surface area contributed by atoms with Gasteiger partial charge < -0.3 is 25.5 Å². The normalized spacial score (nSPS) is 13.6. The molecule has 0 saturated carbocycles. The van der Waals surface area contributed by atoms with Crippen molar-refractivity contribution in [1.29, 1.82) is 0 Å². The summed E-state index contributed by atoms with van der Waals surface area (Å²) in [6, 6.07) is -0.682. The Morgan fingerprint density at radius 2 is 1.56 bits per heavy atom. The number of hydrogen-bond acceptors (Lipinski definition) is 9. The second-order valence-electron chi connectivity index (χ2n) is 11.9. The zero-order valence-electron chi connectivity index (χ0n) is 26.8. The average Bonchev–Trinajstić information content (AvgIpc) is 3.39. The summed E-state index contributed by atoms with van der Waals surface area (Å²) >= 11 is 0. The number of aromatic nitrogens is 4. The molecule has 0 amide bonds. The van der Waals surface area contributed by atoms with Crippen LogP contribution in [0.15, 0.2) is 11.1 Å². The summed E-state index contributed by atoms with van der Waals surface area (Å²) in [5.74, 6) is -0.878. The molecule has 3 atom stereocenters. The molecule has 0 radical (unpaired) electrons. The van der Waals surface area contributed by atoms with Crippen LogP contribution in [0.25, 0.3) is 11.2 Å². The monoisotopic (exact) mass is 604 g/mol. The molecule has 0 aliphatic carbocycles. The molecule has 11 nitrogen and oxygen atoms in total. The average molecular weight is 605 g/mol. The molecular formula is C32H56N6O5. The highest BCUT2D eigenvalue weighted by atomic mass is 16.5. The van der Waals surface area contributed by atoms with Crippen molar-refractivity contribution in [2.24, 2.45) is 17.6 Å². The third kappa shape index (κ3) is 13.9. The summed E-state index contributed by atoms with van der Waals surface area (Å²) in [4.78, 5) is 47.9. The molecule has 2 aromatic heterocycles. The lowest BCUT2D eigenvalue weighted by molar-refractivity contribution is -0.149. The van der Waals surface area contributed by atoms with Crippen molar-refractivity contribution >= 4 is 29.1 Å². The summed E-state index contributed by atoms with van der Waals surface area (Å²) in [5.41, 5.74) is 11.8. The number of carbonyl (C=O) groups is 2. The van der Waals surface area contributed by atoms with Crippen LogP contribution in [0.1, 0.15) is 124 Å². The van der Waals surface area contributed by atoms with Gasteiger partial charge in [0.25, 0.3) is 5.56 Å². The molecule has 0 spiro atoms. The molecule has 43 heavy (non-hydrogen) atoms. The van der Waals surface area contributed by atoms with Gasteiger partial charge >= 0.3 is 11.9 Å². The Hall–Kier alpha value is -2.95. The summed E-state index contributed by atoms with van der Waals surface area (Å²) in [6.07, 6.45) is 19.3. The quantitative estimate of drug-likeness (QED) is 0.101. The van der Waals surface area contributed by atoms with E-state index < -0.39 is 17.6 Å². The molecule has 2 aromatic rings. The van der Waals surface area contributed by atoms with Crippen LogP contribution in [0, 0.1) is 11.8 Å². The first kappa shape index (κ1) is 36.2. The molecule has 0 aromatic carbocycles. The molecule has 0 aliphatic heterocycles. The van der Waals surface area contributed by atoms with Crippen LogP contribution in [-0.2, 0) is 25.6 Å². The number of hydrogen-bond donors (Lipinski definition) is 3. The van der Waals surface area contributed by atoms with Gasteiger partial charge in [-0.15, -0.1) is 0 Å². The van der Waals surface area contributed by atoms with Gasteiger partial charge in [-0.1, -0.05) is 104 Å². The Kier molecular flexibility index (Phi) is 17.6. The van der Waals surface area contributed by atoms with E-state index in [0.717, 1.165) is 25.7 Å². The van der Waals surface area contributed by atoms with Gasteiger partial charge in [-0.05, 0) is 18.8 Å². The van der Waals surface area contributed by atoms with Gasteiger partial charge in [0.15, 0.2) is 11.2 Å². The number of ether oxygens (including phenoxy) is 2. The predicted molar refractivity (Wildman–Crippen MR) is 170 cm³/mol. The van der Waals surface area contributed by atoms with Gasteiger partial charge in [0, 0.05) is 18.9 Å². The molecule has 0 saturated heterocycles. The van der Waals surface area contributed by atoms with Crippen LogP contribution in [0.4, 0.5) is 5.95 Å². The fraction of sp³-hybridized carbons (Fsp3) is 0.781. The largest absolute Gasteiger partial charge is 0.465 e. The van der Waals surface area contributed by atoms with Gasteiger partial charge in [-0.25, -0.2) is 4.98 Å². The van der Waals surface area contributed by atoms with Crippen LogP contribution in [0.2, 0.25) is 0 Å². The maximum absolute atomic E-state index is 12.5. The third-order valence-corrected chi connectivity index (χ3v) is 8.21. The van der Waals surface area contributed by atoms with Crippen LogP contribution >= 0.6 is 0 Å². The maximum atomic E-state index is 12.5. The van der Waals surface area contributed by atoms with Crippen LogP contribution in [-0.4, -0.2) is 50.7 Å². The number of nitrogens with two attached hydrogens (primary N) is 2. The lowest BCUT2D eigenvalue weighted by Gasteiger charge is -2.20. The summed E-state index contributed by atoms with van der Waals surface area (Å²) < 4.78 is 12.8. The number of anilines is 1. The summed E-state index contributed by atoms with van der Waals surface area (Å²) in [7, 11) is 0. The number of carbonyl (C=O) groups excluding carboxylic acids is 2. The third-order valence-electron chi connectivity index (χ3n) is 8.21. The number of nitrogens with zero attached hydrogens (tertiary/aromatic N) is 3. The number of imidazole rings is 1. The van der Waals surface area contributed by atoms with E-state index in [0.29, 0.717) is 25.0 Å². The molecule has 0 bridgehead atoms. The summed E-state index contributed by atoms with van der Waals surface area (Å²) in [5, 5.41) is 0. The fourth-order valence-corrected chi connectivity index (χ4v) is 5.09. The number of H-pyrrole nitrogens is 1. The van der Waals surface area contributed by atoms with E-state index in [1.165, 1.54) is 70.5 Å². The van der Waals surface area contributed by atoms with Gasteiger partial charge in [-0.3, -0.25) is 19.4 Å². The smallest absolute Gasteiger partial charge is 0.323 e. The van der Waals surface area contributed by atoms with Crippen LogP contribution in [0.5, 0.6) is 0 Å². The lowest BCUT2D eigenvalue weighted by atomic mass is 10.0. The van der Waals surface area contributed by atoms with Crippen molar-refractivity contribution in [3.05, 3.63) is 16.7 Å². The highest BCUT2D eigenvalue weighted by Crippen LogP contribution is 2.16. The van der Waals surface area contributed by atoms with Crippen LogP contribution in [0.3, 0.4) is 0 Å². The van der Waals surface area contributed by atoms with Crippen molar-refractivity contribution in [3.8, 4) is 0 Å². The van der Waals surface area contributed by atoms with E-state index in [9.17, 15) is 14.4 Å². The van der Waals surface area contributed by atoms with E-state index in [4.69, 9.17) is 20.9 Å². The van der Waals surface area contributed by atoms with E-state index >= 15 is 0 Å². The SMILES string of the molecule is CCCCCCCCCCCCCCCC(=O)OC[C@H](CCOC(=O)[C@@H](N)[C@@H](C)CC)Cn1cnc2c(=O)[nH]c(N)nc21. The first-order valence-electron chi connectivity index (χ1n) is 16.5. The Labute approximate surface area is 256 Å². The van der Waals surface area contributed by atoms with E-state index in [1.807, 2.05) is 13.8 Å². The minimum Gasteiger partial charge on any atom is -0.465 e. The second kappa shape index (κ2) is 20.9. The van der Waals surface area contributed by atoms with Crippen LogP contribution < -0.4 is 17.0 Å². The van der Waals surface area contributed by atoms with E-state index in [1.54, 1.807) is 4.57 Å². The van der Waals surface area contributed by atoms with Crippen molar-refractivity contribution in [1.82, 2.24) is 19.5 Å². The highest BCUT2D eigenvalue weighted by molar-refractivity contribution is 5.75. The lowest BCUT2D eigenvalue weighted by Crippen LogP contribution is -2.38. The first-order valence-corrected chi connectivity index (χ1v) is 16.5. The molecule has 0 fully saturated rings. The van der Waals surface area contributed by atoms with Gasteiger partial charge in [0.05, 0.1) is 19.5 Å². The van der Waals surface area contributed by atoms with Crippen molar-refractivity contribution in [2.45, 2.75) is 136 Å². The number of rotatable bonds is 24. The standard InChI is InChI=1S/C32H56N6O5/c1-4-6-7-8-9-10-11-12-13-14-15-16-17-18-26(39)43-22-25(19-20-42-31(41)27(33)24(3)5-2)21-38-23-35-28-29(38)36-32(34)37-30(28)40/h23-25,27H,4-22,33H2,1-3H3,(H3,34,36,37,40)/t24-,25+,27-/m0/s1. The number of esters is 2. The number of unbranched alkanes of at least 4 members (excludes halogenated alkanes) is 12. The van der Waals surface area contributed by atoms with Crippen molar-refractivity contribution < 1.29 is 19.1 Å². The Morgan fingerprint density at radius 1 is 0.953 bits per heavy atom. The Balaban J connectivity index is 1.76. The van der Waals surface area contributed by atoms with Crippen molar-refractivity contribution in [3.63, 3.8) is 0 Å². The molecule has 0 aliphatic rings. The summed E-state index contributed by atoms with van der Waals surface area (Å²) in [6.45, 7) is 6.77. The molecule has 0 unspecified atom stereocenters. The minimum atomic E-state index is -0.682. The Morgan fingerprint density at radius 3 is 2.16 bits per heavy atom. The second-order valence-corrected chi connectivity index (χ2v) is 11.9. The Bertz CT molecular complexity index is 1130. The van der Waals surface area contributed by atoms with E-state index in [2.05, 4.69) is 21.9 Å². The maximum Gasteiger partial charge on any atom is 0.323 e. The van der Waals surface area contributed by atoms with Gasteiger partial charge in [0.2, 0.25) is 5.95 Å². The minimum absolute atomic E-state index is 0.00649. The zero-order valence-corrected chi connectivity index (χ0v) is 26.8. The molecule has 11 heteroatoms.